The highest BCUT2D eigenvalue weighted by Gasteiger charge is 2.20. The average Bonchev–Trinajstić information content (AvgIpc) is 2.82. The van der Waals surface area contributed by atoms with Crippen molar-refractivity contribution in [2.75, 3.05) is 0 Å². The van der Waals surface area contributed by atoms with E-state index in [-0.39, 0.29) is 24.4 Å². The lowest BCUT2D eigenvalue weighted by Crippen LogP contribution is -2.22. The molecule has 0 aliphatic carbocycles. The largest absolute Gasteiger partial charge is 0.462 e. The Kier molecular flexibility index (Phi) is 15.3. The molecule has 35 heavy (non-hydrogen) atoms. The fourth-order valence-corrected chi connectivity index (χ4v) is 3.58. The van der Waals surface area contributed by atoms with Gasteiger partial charge in [-0.3, -0.25) is 4.79 Å². The topological polar surface area (TPSA) is 66.8 Å². The molecule has 0 aromatic carbocycles. The van der Waals surface area contributed by atoms with Crippen LogP contribution in [0.15, 0.2) is 96.7 Å². The number of ether oxygens (including phenoxy) is 1. The molecule has 0 radical (unpaired) electrons. The monoisotopic (exact) mass is 480 g/mol. The quantitative estimate of drug-likeness (QED) is 0.262. The normalized spacial score (nSPS) is 26.4. The Bertz CT molecular complexity index is 853. The Labute approximate surface area is 212 Å². The van der Waals surface area contributed by atoms with Crippen LogP contribution in [-0.2, 0) is 9.53 Å². The predicted octanol–water partition coefficient (Wildman–Crippen LogP) is 6.86. The average molecular weight is 481 g/mol. The van der Waals surface area contributed by atoms with E-state index in [0.29, 0.717) is 24.8 Å². The number of carbonyl (C=O) groups is 1. The first-order valence-corrected chi connectivity index (χ1v) is 12.6. The van der Waals surface area contributed by atoms with Gasteiger partial charge in [-0.2, -0.15) is 0 Å². The van der Waals surface area contributed by atoms with Crippen LogP contribution < -0.4 is 0 Å². The van der Waals surface area contributed by atoms with Crippen LogP contribution >= 0.6 is 0 Å². The van der Waals surface area contributed by atoms with Crippen molar-refractivity contribution in [2.24, 2.45) is 5.92 Å². The van der Waals surface area contributed by atoms with Crippen molar-refractivity contribution in [1.29, 1.82) is 0 Å². The molecule has 4 heteroatoms. The predicted molar refractivity (Wildman–Crippen MR) is 147 cm³/mol. The van der Waals surface area contributed by atoms with Gasteiger partial charge < -0.3 is 14.9 Å². The van der Waals surface area contributed by atoms with E-state index in [9.17, 15) is 15.0 Å². The van der Waals surface area contributed by atoms with E-state index in [0.717, 1.165) is 24.8 Å². The lowest BCUT2D eigenvalue weighted by Gasteiger charge is -2.20. The molecule has 1 rings (SSSR count). The van der Waals surface area contributed by atoms with Crippen molar-refractivity contribution in [2.45, 2.75) is 84.0 Å². The number of hydrogen-bond donors (Lipinski definition) is 2. The smallest absolute Gasteiger partial charge is 0.310 e. The van der Waals surface area contributed by atoms with E-state index in [4.69, 9.17) is 4.74 Å². The number of aliphatic hydroxyl groups excluding tert-OH is 2. The van der Waals surface area contributed by atoms with Crippen molar-refractivity contribution < 1.29 is 19.7 Å². The van der Waals surface area contributed by atoms with Gasteiger partial charge in [0, 0.05) is 12.3 Å². The van der Waals surface area contributed by atoms with Gasteiger partial charge in [0.2, 0.25) is 0 Å². The summed E-state index contributed by atoms with van der Waals surface area (Å²) in [7, 11) is 0. The van der Waals surface area contributed by atoms with E-state index in [1.807, 2.05) is 63.3 Å². The van der Waals surface area contributed by atoms with Gasteiger partial charge in [0.15, 0.2) is 0 Å². The van der Waals surface area contributed by atoms with E-state index in [2.05, 4.69) is 19.2 Å². The van der Waals surface area contributed by atoms with Crippen molar-refractivity contribution in [3.05, 3.63) is 96.7 Å². The van der Waals surface area contributed by atoms with E-state index in [1.54, 1.807) is 18.2 Å². The molecule has 4 unspecified atom stereocenters. The number of cyclic esters (lactones) is 1. The standard InChI is InChI=1S/C31H44O4/c1-6-16-24(2)21-22-28-18-15-14-17-25(3)29(32)19-12-10-8-7-9-11-13-20-30(33)27(5)26(4)23-31(34)35-28/h6-9,11,13-17,20,27-30,32-33H,1,4,10,12,18-19,21-23H2,2-3,5H3. The Morgan fingerprint density at radius 2 is 1.91 bits per heavy atom. The summed E-state index contributed by atoms with van der Waals surface area (Å²) in [5.41, 5.74) is 2.73. The third-order valence-electron chi connectivity index (χ3n) is 6.13. The van der Waals surface area contributed by atoms with Gasteiger partial charge in [-0.05, 0) is 51.5 Å². The highest BCUT2D eigenvalue weighted by atomic mass is 16.5. The summed E-state index contributed by atoms with van der Waals surface area (Å²) in [4.78, 5) is 12.7. The fourth-order valence-electron chi connectivity index (χ4n) is 3.58. The van der Waals surface area contributed by atoms with E-state index in [1.165, 1.54) is 5.57 Å². The molecule has 1 aliphatic heterocycles. The summed E-state index contributed by atoms with van der Waals surface area (Å²) >= 11 is 0. The van der Waals surface area contributed by atoms with Crippen LogP contribution in [0, 0.1) is 5.92 Å². The Hall–Kier alpha value is -2.69. The number of hydrogen-bond acceptors (Lipinski definition) is 4. The molecule has 0 spiro atoms. The lowest BCUT2D eigenvalue weighted by atomic mass is 9.93. The maximum Gasteiger partial charge on any atom is 0.310 e. The molecule has 0 saturated carbocycles. The van der Waals surface area contributed by atoms with Crippen LogP contribution in [0.25, 0.3) is 0 Å². The van der Waals surface area contributed by atoms with Crippen LogP contribution in [0.5, 0.6) is 0 Å². The molecule has 0 saturated heterocycles. The minimum Gasteiger partial charge on any atom is -0.462 e. The molecule has 4 atom stereocenters. The second-order valence-corrected chi connectivity index (χ2v) is 9.23. The molecule has 1 aliphatic rings. The molecule has 1 heterocycles. The molecule has 192 valence electrons. The number of esters is 1. The van der Waals surface area contributed by atoms with Gasteiger partial charge in [0.25, 0.3) is 0 Å². The molecule has 0 amide bonds. The SMILES string of the molecule is C=CC=C(C)CCC1CC=CC=C(C)C(O)CCCC=CC=CC=CC(O)C(C)C(=C)CC(=O)O1. The van der Waals surface area contributed by atoms with Crippen LogP contribution in [0.2, 0.25) is 0 Å². The minimum absolute atomic E-state index is 0.0670. The minimum atomic E-state index is -0.733. The zero-order valence-corrected chi connectivity index (χ0v) is 21.7. The van der Waals surface area contributed by atoms with Crippen molar-refractivity contribution in [1.82, 2.24) is 0 Å². The van der Waals surface area contributed by atoms with Crippen LogP contribution in [0.1, 0.15) is 65.7 Å². The van der Waals surface area contributed by atoms with Gasteiger partial charge in [-0.15, -0.1) is 0 Å². The van der Waals surface area contributed by atoms with E-state index < -0.39 is 12.2 Å². The molecule has 0 fully saturated rings. The third-order valence-corrected chi connectivity index (χ3v) is 6.13. The highest BCUT2D eigenvalue weighted by Crippen LogP contribution is 2.21. The van der Waals surface area contributed by atoms with Gasteiger partial charge in [-0.1, -0.05) is 98.1 Å². The first-order chi connectivity index (χ1) is 16.7. The van der Waals surface area contributed by atoms with Crippen molar-refractivity contribution in [3.8, 4) is 0 Å². The van der Waals surface area contributed by atoms with Gasteiger partial charge in [0.05, 0.1) is 18.6 Å². The van der Waals surface area contributed by atoms with Gasteiger partial charge in [-0.25, -0.2) is 0 Å². The zero-order valence-electron chi connectivity index (χ0n) is 21.7. The number of aliphatic hydroxyl groups is 2. The molecular formula is C31H44O4. The number of rotatable bonds is 4. The van der Waals surface area contributed by atoms with Crippen LogP contribution in [0.3, 0.4) is 0 Å². The second kappa shape index (κ2) is 17.7. The summed E-state index contributed by atoms with van der Waals surface area (Å²) in [6.45, 7) is 13.6. The maximum absolute atomic E-state index is 12.7. The lowest BCUT2D eigenvalue weighted by molar-refractivity contribution is -0.148. The second-order valence-electron chi connectivity index (χ2n) is 9.23. The number of carbonyl (C=O) groups excluding carboxylic acids is 1. The maximum atomic E-state index is 12.7. The molecule has 2 N–H and O–H groups in total. The summed E-state index contributed by atoms with van der Waals surface area (Å²) < 4.78 is 5.80. The Morgan fingerprint density at radius 3 is 2.66 bits per heavy atom. The molecule has 0 aromatic heterocycles. The Balaban J connectivity index is 3.00. The van der Waals surface area contributed by atoms with Crippen LogP contribution in [0.4, 0.5) is 0 Å². The van der Waals surface area contributed by atoms with Gasteiger partial charge >= 0.3 is 5.97 Å². The molecular weight excluding hydrogens is 436 g/mol. The Morgan fingerprint density at radius 1 is 1.17 bits per heavy atom. The summed E-state index contributed by atoms with van der Waals surface area (Å²) in [5.74, 6) is -0.604. The zero-order chi connectivity index (χ0) is 26.1. The highest BCUT2D eigenvalue weighted by molar-refractivity contribution is 5.72. The first kappa shape index (κ1) is 30.3. The van der Waals surface area contributed by atoms with Crippen molar-refractivity contribution in [3.63, 3.8) is 0 Å². The van der Waals surface area contributed by atoms with Gasteiger partial charge in [0.1, 0.15) is 6.10 Å². The fraction of sp³-hybridized carbons (Fsp3) is 0.452. The van der Waals surface area contributed by atoms with Crippen LogP contribution in [-0.4, -0.2) is 34.5 Å². The first-order valence-electron chi connectivity index (χ1n) is 12.6. The third kappa shape index (κ3) is 13.7. The molecule has 4 nitrogen and oxygen atoms in total. The van der Waals surface area contributed by atoms with Crippen molar-refractivity contribution >= 4 is 5.97 Å². The summed E-state index contributed by atoms with van der Waals surface area (Å²) in [6, 6.07) is 0. The summed E-state index contributed by atoms with van der Waals surface area (Å²) in [6.07, 6.45) is 24.0. The van der Waals surface area contributed by atoms with E-state index >= 15 is 0 Å². The number of allylic oxidation sites excluding steroid dienone is 10. The summed E-state index contributed by atoms with van der Waals surface area (Å²) in [5, 5.41) is 20.8. The molecule has 0 bridgehead atoms. The molecule has 0 aromatic rings.